The van der Waals surface area contributed by atoms with E-state index in [1.165, 1.54) is 0 Å². The second kappa shape index (κ2) is 8.05. The van der Waals surface area contributed by atoms with E-state index in [-0.39, 0.29) is 11.9 Å². The number of amides is 1. The Hall–Kier alpha value is -4.18. The quantitative estimate of drug-likeness (QED) is 0.540. The van der Waals surface area contributed by atoms with Crippen LogP contribution in [0.2, 0.25) is 0 Å². The van der Waals surface area contributed by atoms with E-state index in [2.05, 4.69) is 21.5 Å². The van der Waals surface area contributed by atoms with Crippen molar-refractivity contribution in [1.29, 1.82) is 5.26 Å². The Morgan fingerprint density at radius 3 is 2.53 bits per heavy atom. The number of anilines is 3. The van der Waals surface area contributed by atoms with Gasteiger partial charge in [0.1, 0.15) is 6.07 Å². The third kappa shape index (κ3) is 3.71. The average molecular weight is 396 g/mol. The molecule has 0 atom stereocenters. The number of pyridine rings is 1. The molecule has 7 heteroatoms. The van der Waals surface area contributed by atoms with Crippen molar-refractivity contribution >= 4 is 28.9 Å². The highest BCUT2D eigenvalue weighted by atomic mass is 16.2. The van der Waals surface area contributed by atoms with Crippen LogP contribution in [0.15, 0.2) is 72.9 Å². The summed E-state index contributed by atoms with van der Waals surface area (Å²) >= 11 is 0. The smallest absolute Gasteiger partial charge is 0.258 e. The van der Waals surface area contributed by atoms with Gasteiger partial charge >= 0.3 is 0 Å². The van der Waals surface area contributed by atoms with E-state index >= 15 is 0 Å². The van der Waals surface area contributed by atoms with Gasteiger partial charge in [-0.2, -0.15) is 10.2 Å². The molecule has 0 saturated carbocycles. The largest absolute Gasteiger partial charge is 0.322 e. The summed E-state index contributed by atoms with van der Waals surface area (Å²) in [6.07, 6.45) is 1.78. The standard InChI is InChI=1S/C23H20N6O/c1-16(2)29(22(30)17-8-4-3-5-9-17)19-12-13-21-26-23(27-28(21)15-19)25-20-11-7-6-10-18(20)14-24/h3-13,15-16H,1-2H3,(H,25,27). The molecule has 4 aromatic rings. The third-order valence-corrected chi connectivity index (χ3v) is 4.64. The average Bonchev–Trinajstić information content (AvgIpc) is 3.16. The van der Waals surface area contributed by atoms with Gasteiger partial charge in [0.05, 0.1) is 23.1 Å². The van der Waals surface area contributed by atoms with Crippen molar-refractivity contribution in [1.82, 2.24) is 14.6 Å². The minimum atomic E-state index is -0.0774. The lowest BCUT2D eigenvalue weighted by Gasteiger charge is -2.26. The first kappa shape index (κ1) is 19.2. The van der Waals surface area contributed by atoms with E-state index in [4.69, 9.17) is 0 Å². The maximum Gasteiger partial charge on any atom is 0.258 e. The molecular formula is C23H20N6O. The first-order chi connectivity index (χ1) is 14.6. The van der Waals surface area contributed by atoms with Gasteiger partial charge in [-0.15, -0.1) is 5.10 Å². The molecule has 0 aliphatic rings. The molecule has 148 valence electrons. The van der Waals surface area contributed by atoms with Crippen LogP contribution in [0.3, 0.4) is 0 Å². The molecule has 0 fully saturated rings. The van der Waals surface area contributed by atoms with Crippen LogP contribution in [0.1, 0.15) is 29.8 Å². The summed E-state index contributed by atoms with van der Waals surface area (Å²) in [6, 6.07) is 22.1. The number of nitrogens with one attached hydrogen (secondary N) is 1. The van der Waals surface area contributed by atoms with Crippen LogP contribution in [0.25, 0.3) is 5.65 Å². The summed E-state index contributed by atoms with van der Waals surface area (Å²) in [5.74, 6) is 0.298. The first-order valence-corrected chi connectivity index (χ1v) is 9.58. The van der Waals surface area contributed by atoms with Gasteiger partial charge in [0.15, 0.2) is 5.65 Å². The van der Waals surface area contributed by atoms with Gasteiger partial charge in [-0.05, 0) is 50.2 Å². The molecule has 0 aliphatic heterocycles. The van der Waals surface area contributed by atoms with Crippen LogP contribution < -0.4 is 10.2 Å². The molecule has 0 unspecified atom stereocenters. The van der Waals surface area contributed by atoms with Crippen LogP contribution >= 0.6 is 0 Å². The minimum absolute atomic E-state index is 0.0428. The molecule has 2 heterocycles. The van der Waals surface area contributed by atoms with Gasteiger partial charge < -0.3 is 10.2 Å². The molecule has 0 radical (unpaired) electrons. The number of para-hydroxylation sites is 1. The molecule has 0 bridgehead atoms. The second-order valence-corrected chi connectivity index (χ2v) is 7.04. The van der Waals surface area contributed by atoms with Crippen molar-refractivity contribution in [2.45, 2.75) is 19.9 Å². The topological polar surface area (TPSA) is 86.3 Å². The lowest BCUT2D eigenvalue weighted by Crippen LogP contribution is -2.37. The predicted molar refractivity (Wildman–Crippen MR) is 116 cm³/mol. The van der Waals surface area contributed by atoms with Crippen molar-refractivity contribution in [3.05, 3.63) is 84.1 Å². The Labute approximate surface area is 174 Å². The van der Waals surface area contributed by atoms with Gasteiger partial charge in [-0.25, -0.2) is 4.52 Å². The number of fused-ring (bicyclic) bond motifs is 1. The Kier molecular flexibility index (Phi) is 5.14. The number of aromatic nitrogens is 3. The number of hydrogen-bond acceptors (Lipinski definition) is 5. The molecule has 0 aliphatic carbocycles. The highest BCUT2D eigenvalue weighted by Gasteiger charge is 2.21. The van der Waals surface area contributed by atoms with E-state index < -0.39 is 0 Å². The molecule has 0 spiro atoms. The zero-order valence-electron chi connectivity index (χ0n) is 16.6. The Morgan fingerprint density at radius 2 is 1.80 bits per heavy atom. The van der Waals surface area contributed by atoms with Crippen LogP contribution in [-0.2, 0) is 0 Å². The van der Waals surface area contributed by atoms with E-state index in [0.717, 1.165) is 5.69 Å². The van der Waals surface area contributed by atoms with Crippen molar-refractivity contribution in [3.8, 4) is 6.07 Å². The van der Waals surface area contributed by atoms with Gasteiger partial charge in [0.25, 0.3) is 5.91 Å². The van der Waals surface area contributed by atoms with E-state index in [1.54, 1.807) is 45.9 Å². The molecule has 1 amide bonds. The molecule has 30 heavy (non-hydrogen) atoms. The molecule has 7 nitrogen and oxygen atoms in total. The zero-order chi connectivity index (χ0) is 21.1. The summed E-state index contributed by atoms with van der Waals surface area (Å²) in [5, 5.41) is 16.8. The van der Waals surface area contributed by atoms with E-state index in [0.29, 0.717) is 28.4 Å². The van der Waals surface area contributed by atoms with Crippen LogP contribution in [-0.4, -0.2) is 26.5 Å². The number of nitrogens with zero attached hydrogens (tertiary/aromatic N) is 5. The maximum atomic E-state index is 13.1. The third-order valence-electron chi connectivity index (χ3n) is 4.64. The Balaban J connectivity index is 1.67. The number of carbonyl (C=O) groups excluding carboxylic acids is 1. The maximum absolute atomic E-state index is 13.1. The normalized spacial score (nSPS) is 10.7. The van der Waals surface area contributed by atoms with Crippen molar-refractivity contribution in [2.75, 3.05) is 10.2 Å². The van der Waals surface area contributed by atoms with Gasteiger partial charge in [-0.3, -0.25) is 4.79 Å². The first-order valence-electron chi connectivity index (χ1n) is 9.58. The van der Waals surface area contributed by atoms with Gasteiger partial charge in [0, 0.05) is 11.6 Å². The zero-order valence-corrected chi connectivity index (χ0v) is 16.6. The highest BCUT2D eigenvalue weighted by molar-refractivity contribution is 6.06. The van der Waals surface area contributed by atoms with Crippen LogP contribution in [0.5, 0.6) is 0 Å². The summed E-state index contributed by atoms with van der Waals surface area (Å²) in [4.78, 5) is 19.3. The lowest BCUT2D eigenvalue weighted by molar-refractivity contribution is 0.0980. The number of hydrogen-bond donors (Lipinski definition) is 1. The van der Waals surface area contributed by atoms with Crippen molar-refractivity contribution < 1.29 is 4.79 Å². The SMILES string of the molecule is CC(C)N(C(=O)c1ccccc1)c1ccc2nc(Nc3ccccc3C#N)nn2c1. The molecule has 0 saturated heterocycles. The van der Waals surface area contributed by atoms with Crippen molar-refractivity contribution in [2.24, 2.45) is 0 Å². The summed E-state index contributed by atoms with van der Waals surface area (Å²) in [6.45, 7) is 3.94. The van der Waals surface area contributed by atoms with Gasteiger partial charge in [0.2, 0.25) is 5.95 Å². The number of rotatable bonds is 5. The molecule has 1 N–H and O–H groups in total. The molecular weight excluding hydrogens is 376 g/mol. The van der Waals surface area contributed by atoms with Crippen LogP contribution in [0, 0.1) is 11.3 Å². The summed E-state index contributed by atoms with van der Waals surface area (Å²) in [5.41, 5.74) is 3.13. The van der Waals surface area contributed by atoms with Crippen LogP contribution in [0.4, 0.5) is 17.3 Å². The molecule has 4 rings (SSSR count). The fourth-order valence-corrected chi connectivity index (χ4v) is 3.25. The van der Waals surface area contributed by atoms with E-state index in [1.807, 2.05) is 50.2 Å². The highest BCUT2D eigenvalue weighted by Crippen LogP contribution is 2.23. The fraction of sp³-hybridized carbons (Fsp3) is 0.130. The molecule has 2 aromatic heterocycles. The second-order valence-electron chi connectivity index (χ2n) is 7.04. The Bertz CT molecular complexity index is 1240. The summed E-state index contributed by atoms with van der Waals surface area (Å²) in [7, 11) is 0. The molecule has 2 aromatic carbocycles. The number of carbonyl (C=O) groups is 1. The van der Waals surface area contributed by atoms with Crippen molar-refractivity contribution in [3.63, 3.8) is 0 Å². The number of nitriles is 1. The monoisotopic (exact) mass is 396 g/mol. The predicted octanol–water partition coefficient (Wildman–Crippen LogP) is 4.40. The fourth-order valence-electron chi connectivity index (χ4n) is 3.25. The minimum Gasteiger partial charge on any atom is -0.322 e. The Morgan fingerprint density at radius 1 is 1.07 bits per heavy atom. The van der Waals surface area contributed by atoms with Gasteiger partial charge in [-0.1, -0.05) is 30.3 Å². The van der Waals surface area contributed by atoms with E-state index in [9.17, 15) is 10.1 Å². The summed E-state index contributed by atoms with van der Waals surface area (Å²) < 4.78 is 1.63. The number of benzene rings is 2. The lowest BCUT2D eigenvalue weighted by atomic mass is 10.1.